The Bertz CT molecular complexity index is 787. The summed E-state index contributed by atoms with van der Waals surface area (Å²) in [4.78, 5) is 24.5. The first-order valence-corrected chi connectivity index (χ1v) is 8.52. The molecule has 1 aliphatic rings. The fourth-order valence-electron chi connectivity index (χ4n) is 2.58. The molecule has 1 unspecified atom stereocenters. The molecule has 6 heteroatoms. The van der Waals surface area contributed by atoms with Gasteiger partial charge in [0.25, 0.3) is 0 Å². The Morgan fingerprint density at radius 1 is 0.889 bits per heavy atom. The molecule has 0 spiro atoms. The molecule has 6 nitrogen and oxygen atoms in total. The molecule has 0 aromatic heterocycles. The zero-order valence-corrected chi connectivity index (χ0v) is 14.8. The highest BCUT2D eigenvalue weighted by Crippen LogP contribution is 2.19. The van der Waals surface area contributed by atoms with Crippen LogP contribution in [-0.2, 0) is 18.9 Å². The summed E-state index contributed by atoms with van der Waals surface area (Å²) >= 11 is 0. The molecule has 0 saturated carbocycles. The molecule has 3 rings (SSSR count). The lowest BCUT2D eigenvalue weighted by Crippen LogP contribution is -2.42. The van der Waals surface area contributed by atoms with Crippen LogP contribution in [0.5, 0.6) is 0 Å². The first-order valence-electron chi connectivity index (χ1n) is 8.52. The second-order valence-corrected chi connectivity index (χ2v) is 5.86. The largest absolute Gasteiger partial charge is 0.459 e. The molecule has 0 bridgehead atoms. The Labute approximate surface area is 157 Å². The maximum Gasteiger partial charge on any atom is 0.338 e. The third-order valence-electron chi connectivity index (χ3n) is 4.01. The highest BCUT2D eigenvalue weighted by Gasteiger charge is 2.31. The van der Waals surface area contributed by atoms with Gasteiger partial charge >= 0.3 is 11.9 Å². The van der Waals surface area contributed by atoms with Gasteiger partial charge in [0.05, 0.1) is 11.1 Å². The Morgan fingerprint density at radius 3 is 2.07 bits per heavy atom. The monoisotopic (exact) mass is 368 g/mol. The van der Waals surface area contributed by atoms with Gasteiger partial charge in [-0.3, -0.25) is 0 Å². The maximum absolute atomic E-state index is 12.3. The lowest BCUT2D eigenvalue weighted by atomic mass is 10.1. The van der Waals surface area contributed by atoms with E-state index in [-0.39, 0.29) is 6.61 Å². The lowest BCUT2D eigenvalue weighted by molar-refractivity contribution is -0.169. The predicted molar refractivity (Wildman–Crippen MR) is 97.2 cm³/mol. The van der Waals surface area contributed by atoms with Gasteiger partial charge < -0.3 is 18.9 Å². The fraction of sp³-hybridized carbons (Fsp3) is 0.238. The van der Waals surface area contributed by atoms with Crippen molar-refractivity contribution >= 4 is 11.9 Å². The van der Waals surface area contributed by atoms with Crippen LogP contribution in [0.3, 0.4) is 0 Å². The summed E-state index contributed by atoms with van der Waals surface area (Å²) in [6.07, 6.45) is 1.35. The average Bonchev–Trinajstić information content (AvgIpc) is 2.74. The van der Waals surface area contributed by atoms with Crippen LogP contribution in [0.25, 0.3) is 0 Å². The molecule has 140 valence electrons. The van der Waals surface area contributed by atoms with Gasteiger partial charge in [-0.1, -0.05) is 36.4 Å². The molecular formula is C21H20O6. The van der Waals surface area contributed by atoms with E-state index in [0.29, 0.717) is 11.1 Å². The normalized spacial score (nSPS) is 21.4. The first-order chi connectivity index (χ1) is 13.2. The van der Waals surface area contributed by atoms with Crippen molar-refractivity contribution in [1.29, 1.82) is 0 Å². The third kappa shape index (κ3) is 5.03. The van der Waals surface area contributed by atoms with Gasteiger partial charge in [-0.2, -0.15) is 0 Å². The van der Waals surface area contributed by atoms with E-state index in [0.717, 1.165) is 0 Å². The van der Waals surface area contributed by atoms with E-state index < -0.39 is 30.4 Å². The Hall–Kier alpha value is -2.96. The molecule has 0 amide bonds. The minimum atomic E-state index is -0.701. The predicted octanol–water partition coefficient (Wildman–Crippen LogP) is 3.00. The molecular weight excluding hydrogens is 348 g/mol. The van der Waals surface area contributed by atoms with Gasteiger partial charge in [-0.15, -0.1) is 0 Å². The molecule has 0 saturated heterocycles. The highest BCUT2D eigenvalue weighted by molar-refractivity contribution is 5.90. The van der Waals surface area contributed by atoms with Gasteiger partial charge in [0.2, 0.25) is 0 Å². The third-order valence-corrected chi connectivity index (χ3v) is 4.01. The molecule has 0 aliphatic carbocycles. The van der Waals surface area contributed by atoms with E-state index >= 15 is 0 Å². The summed E-state index contributed by atoms with van der Waals surface area (Å²) in [7, 11) is 1.50. The number of hydrogen-bond acceptors (Lipinski definition) is 6. The SMILES string of the molecule is COC1C=C[C@H](OC(=O)c2ccccc2)[C@@H](COC(=O)c2ccccc2)O1. The number of carbonyl (C=O) groups excluding carboxylic acids is 2. The smallest absolute Gasteiger partial charge is 0.338 e. The van der Waals surface area contributed by atoms with Gasteiger partial charge in [0, 0.05) is 7.11 Å². The van der Waals surface area contributed by atoms with E-state index in [9.17, 15) is 9.59 Å². The number of ether oxygens (including phenoxy) is 4. The fourth-order valence-corrected chi connectivity index (χ4v) is 2.58. The second-order valence-electron chi connectivity index (χ2n) is 5.86. The molecule has 1 aliphatic heterocycles. The van der Waals surface area contributed by atoms with E-state index in [2.05, 4.69) is 0 Å². The summed E-state index contributed by atoms with van der Waals surface area (Å²) < 4.78 is 21.7. The topological polar surface area (TPSA) is 71.1 Å². The van der Waals surface area contributed by atoms with Crippen LogP contribution in [0.15, 0.2) is 72.8 Å². The number of benzene rings is 2. The van der Waals surface area contributed by atoms with Crippen LogP contribution in [0.4, 0.5) is 0 Å². The molecule has 0 N–H and O–H groups in total. The summed E-state index contributed by atoms with van der Waals surface area (Å²) in [6.45, 7) is -0.0787. The minimum Gasteiger partial charge on any atom is -0.459 e. The average molecular weight is 368 g/mol. The number of carbonyl (C=O) groups is 2. The second kappa shape index (κ2) is 9.12. The van der Waals surface area contributed by atoms with Crippen molar-refractivity contribution in [3.63, 3.8) is 0 Å². The van der Waals surface area contributed by atoms with Crippen molar-refractivity contribution in [3.05, 3.63) is 83.9 Å². The van der Waals surface area contributed by atoms with E-state index in [1.807, 2.05) is 12.1 Å². The van der Waals surface area contributed by atoms with Crippen molar-refractivity contribution in [1.82, 2.24) is 0 Å². The van der Waals surface area contributed by atoms with Crippen LogP contribution in [0.1, 0.15) is 20.7 Å². The molecule has 0 fully saturated rings. The Morgan fingerprint density at radius 2 is 1.48 bits per heavy atom. The Kier molecular flexibility index (Phi) is 6.35. The standard InChI is InChI=1S/C21H20O6/c1-24-19-13-12-17(27-21(23)16-10-6-3-7-11-16)18(26-19)14-25-20(22)15-8-4-2-5-9-15/h2-13,17-19H,14H2,1H3/t17-,18+,19?/m0/s1. The maximum atomic E-state index is 12.3. The quantitative estimate of drug-likeness (QED) is 0.577. The van der Waals surface area contributed by atoms with Crippen LogP contribution in [0.2, 0.25) is 0 Å². The van der Waals surface area contributed by atoms with E-state index in [1.165, 1.54) is 7.11 Å². The molecule has 27 heavy (non-hydrogen) atoms. The zero-order valence-electron chi connectivity index (χ0n) is 14.8. The Balaban J connectivity index is 1.65. The van der Waals surface area contributed by atoms with Gasteiger partial charge in [0.1, 0.15) is 12.7 Å². The van der Waals surface area contributed by atoms with Crippen LogP contribution >= 0.6 is 0 Å². The molecule has 3 atom stereocenters. The molecule has 0 radical (unpaired) electrons. The molecule has 2 aromatic carbocycles. The number of methoxy groups -OCH3 is 1. The van der Waals surface area contributed by atoms with Crippen molar-refractivity contribution in [2.45, 2.75) is 18.5 Å². The lowest BCUT2D eigenvalue weighted by Gasteiger charge is -2.31. The molecule has 1 heterocycles. The van der Waals surface area contributed by atoms with Crippen LogP contribution in [-0.4, -0.2) is 44.2 Å². The number of hydrogen-bond donors (Lipinski definition) is 0. The summed E-state index contributed by atoms with van der Waals surface area (Å²) in [5, 5.41) is 0. The van der Waals surface area contributed by atoms with Crippen molar-refractivity contribution < 1.29 is 28.5 Å². The number of esters is 2. The van der Waals surface area contributed by atoms with Crippen LogP contribution in [0, 0.1) is 0 Å². The van der Waals surface area contributed by atoms with E-state index in [4.69, 9.17) is 18.9 Å². The highest BCUT2D eigenvalue weighted by atomic mass is 16.7. The summed E-state index contributed by atoms with van der Waals surface area (Å²) in [6, 6.07) is 17.3. The van der Waals surface area contributed by atoms with Gasteiger partial charge in [-0.25, -0.2) is 9.59 Å². The van der Waals surface area contributed by atoms with E-state index in [1.54, 1.807) is 60.7 Å². The van der Waals surface area contributed by atoms with Crippen molar-refractivity contribution in [2.75, 3.05) is 13.7 Å². The van der Waals surface area contributed by atoms with Crippen LogP contribution < -0.4 is 0 Å². The van der Waals surface area contributed by atoms with Gasteiger partial charge in [0.15, 0.2) is 12.4 Å². The van der Waals surface area contributed by atoms with Crippen molar-refractivity contribution in [3.8, 4) is 0 Å². The summed E-state index contributed by atoms with van der Waals surface area (Å²) in [5.41, 5.74) is 0.866. The molecule has 2 aromatic rings. The summed E-state index contributed by atoms with van der Waals surface area (Å²) in [5.74, 6) is -0.958. The van der Waals surface area contributed by atoms with Crippen molar-refractivity contribution in [2.24, 2.45) is 0 Å². The number of rotatable bonds is 6. The zero-order chi connectivity index (χ0) is 19.1. The minimum absolute atomic E-state index is 0.0787. The first kappa shape index (κ1) is 18.8. The van der Waals surface area contributed by atoms with Gasteiger partial charge in [-0.05, 0) is 36.4 Å².